The number of hydrogen-bond donors (Lipinski definition) is 3. The van der Waals surface area contributed by atoms with Gasteiger partial charge in [-0.15, -0.1) is 0 Å². The van der Waals surface area contributed by atoms with Gasteiger partial charge in [-0.2, -0.15) is 18.2 Å². The van der Waals surface area contributed by atoms with Gasteiger partial charge in [0.2, 0.25) is 5.95 Å². The first kappa shape index (κ1) is 32.3. The summed E-state index contributed by atoms with van der Waals surface area (Å²) in [6, 6.07) is 9.07. The molecule has 3 aromatic rings. The monoisotopic (exact) mass is 640 g/mol. The van der Waals surface area contributed by atoms with E-state index in [0.717, 1.165) is 30.2 Å². The summed E-state index contributed by atoms with van der Waals surface area (Å²) >= 11 is 3.36. The average Bonchev–Trinajstić information content (AvgIpc) is 2.96. The Balaban J connectivity index is 1.55. The lowest BCUT2D eigenvalue weighted by Gasteiger charge is -2.29. The molecule has 11 nitrogen and oxygen atoms in total. The van der Waals surface area contributed by atoms with Crippen LogP contribution < -0.4 is 25.0 Å². The van der Waals surface area contributed by atoms with Crippen molar-refractivity contribution < 1.29 is 31.5 Å². The molecule has 1 fully saturated rings. The predicted molar refractivity (Wildman–Crippen MR) is 157 cm³/mol. The minimum Gasteiger partial charge on any atom is -0.755 e. The quantitative estimate of drug-likeness (QED) is 0.273. The van der Waals surface area contributed by atoms with Crippen molar-refractivity contribution in [3.63, 3.8) is 0 Å². The Morgan fingerprint density at radius 3 is 2.60 bits per heavy atom. The number of alkyl halides is 3. The number of aromatic nitrogens is 2. The van der Waals surface area contributed by atoms with Gasteiger partial charge in [0.15, 0.2) is 0 Å². The number of anilines is 4. The van der Waals surface area contributed by atoms with Gasteiger partial charge in [0.25, 0.3) is 5.91 Å². The number of ether oxygens (including phenoxy) is 1. The van der Waals surface area contributed by atoms with Gasteiger partial charge in [-0.3, -0.25) is 9.00 Å². The first-order valence-electron chi connectivity index (χ1n) is 13.1. The van der Waals surface area contributed by atoms with E-state index in [4.69, 9.17) is 16.3 Å². The molecule has 1 atom stereocenters. The number of amides is 1. The minimum absolute atomic E-state index is 0.0609. The largest absolute Gasteiger partial charge is 0.755 e. The summed E-state index contributed by atoms with van der Waals surface area (Å²) in [7, 11) is 4.71. The van der Waals surface area contributed by atoms with E-state index in [1.807, 2.05) is 7.05 Å². The molecule has 0 saturated carbocycles. The highest BCUT2D eigenvalue weighted by Crippen LogP contribution is 2.36. The van der Waals surface area contributed by atoms with E-state index in [1.165, 1.54) is 38.4 Å². The van der Waals surface area contributed by atoms with Gasteiger partial charge in [0, 0.05) is 47.7 Å². The van der Waals surface area contributed by atoms with Crippen molar-refractivity contribution in [1.29, 1.82) is 0 Å². The molecule has 16 heteroatoms. The van der Waals surface area contributed by atoms with Crippen molar-refractivity contribution in [2.24, 2.45) is 0 Å². The van der Waals surface area contributed by atoms with Gasteiger partial charge in [0.05, 0.1) is 18.5 Å². The van der Waals surface area contributed by atoms with Crippen LogP contribution in [0.5, 0.6) is 5.75 Å². The Kier molecular flexibility index (Phi) is 10.3. The summed E-state index contributed by atoms with van der Waals surface area (Å²) in [5.74, 6) is -0.713. The summed E-state index contributed by atoms with van der Waals surface area (Å²) in [6.07, 6.45) is -2.46. The molecule has 43 heavy (non-hydrogen) atoms. The summed E-state index contributed by atoms with van der Waals surface area (Å²) in [6.45, 7) is 1.57. The van der Waals surface area contributed by atoms with Crippen molar-refractivity contribution >= 4 is 51.9 Å². The van der Waals surface area contributed by atoms with Crippen molar-refractivity contribution in [2.45, 2.75) is 31.6 Å². The van der Waals surface area contributed by atoms with Crippen LogP contribution in [0, 0.1) is 0 Å². The van der Waals surface area contributed by atoms with Gasteiger partial charge >= 0.3 is 6.18 Å². The number of nitrogens with zero attached hydrogens (tertiary/aromatic N) is 4. The van der Waals surface area contributed by atoms with Crippen molar-refractivity contribution in [2.75, 3.05) is 49.2 Å². The molecule has 1 unspecified atom stereocenters. The van der Waals surface area contributed by atoms with E-state index < -0.39 is 28.8 Å². The summed E-state index contributed by atoms with van der Waals surface area (Å²) < 4.78 is 70.8. The molecular weight excluding hydrogens is 611 g/mol. The van der Waals surface area contributed by atoms with Gasteiger partial charge in [-0.05, 0) is 68.9 Å². The Bertz CT molecular complexity index is 1490. The lowest BCUT2D eigenvalue weighted by atomic mass is 10.0. The van der Waals surface area contributed by atoms with E-state index in [2.05, 4.69) is 30.8 Å². The van der Waals surface area contributed by atoms with Crippen LogP contribution >= 0.6 is 11.6 Å². The van der Waals surface area contributed by atoms with Gasteiger partial charge in [0.1, 0.15) is 17.1 Å². The fraction of sp³-hybridized carbons (Fsp3) is 0.370. The normalized spacial score (nSPS) is 15.1. The SMILES string of the molecule is COc1cc(C(=O)NC2CCN(C)CC2)ccc1Nc1ncc(C(F)(F)F)c(NCc2ccc(Cl)cc2N(C)S(=O)[O-])n1. The second-order valence-electron chi connectivity index (χ2n) is 9.89. The van der Waals surface area contributed by atoms with Crippen molar-refractivity contribution in [3.8, 4) is 5.75 Å². The molecule has 1 saturated heterocycles. The second kappa shape index (κ2) is 13.8. The Morgan fingerprint density at radius 1 is 1.23 bits per heavy atom. The number of likely N-dealkylation sites (tertiary alicyclic amines) is 1. The zero-order valence-electron chi connectivity index (χ0n) is 23.5. The zero-order chi connectivity index (χ0) is 31.3. The number of methoxy groups -OCH3 is 1. The molecule has 232 valence electrons. The molecule has 3 N–H and O–H groups in total. The number of halogens is 4. The molecule has 2 aromatic carbocycles. The van der Waals surface area contributed by atoms with Crippen LogP contribution in [0.15, 0.2) is 42.6 Å². The van der Waals surface area contributed by atoms with Crippen molar-refractivity contribution in [3.05, 3.63) is 64.3 Å². The number of rotatable bonds is 10. The number of benzene rings is 2. The van der Waals surface area contributed by atoms with Crippen LogP contribution in [0.4, 0.5) is 36.3 Å². The van der Waals surface area contributed by atoms with Crippen LogP contribution in [-0.4, -0.2) is 69.9 Å². The topological polar surface area (TPSA) is 135 Å². The van der Waals surface area contributed by atoms with E-state index in [1.54, 1.807) is 12.1 Å². The fourth-order valence-corrected chi connectivity index (χ4v) is 5.00. The maximum absolute atomic E-state index is 13.8. The molecule has 1 aromatic heterocycles. The first-order valence-corrected chi connectivity index (χ1v) is 14.5. The van der Waals surface area contributed by atoms with Crippen LogP contribution in [0.25, 0.3) is 0 Å². The standard InChI is InChI=1S/C27H31ClF3N7O4S/c1-37-10-8-19(9-11-37)34-25(39)16-5-7-21(23(12-16)42-3)35-26-33-15-20(27(29,30)31)24(36-26)32-14-17-4-6-18(28)13-22(17)38(2)43(40)41/h4-7,12-13,15,19H,8-11,14H2,1-3H3,(H,34,39)(H,40,41)(H2,32,33,35,36)/p-1. The minimum atomic E-state index is -4.78. The predicted octanol–water partition coefficient (Wildman–Crippen LogP) is 4.57. The highest BCUT2D eigenvalue weighted by atomic mass is 35.5. The van der Waals surface area contributed by atoms with Crippen LogP contribution in [0.2, 0.25) is 5.02 Å². The maximum atomic E-state index is 13.8. The Morgan fingerprint density at radius 2 is 1.95 bits per heavy atom. The third kappa shape index (κ3) is 8.25. The molecule has 1 amide bonds. The van der Waals surface area contributed by atoms with Gasteiger partial charge in [-0.25, -0.2) is 4.98 Å². The summed E-state index contributed by atoms with van der Waals surface area (Å²) in [4.78, 5) is 22.9. The third-order valence-corrected chi connectivity index (χ3v) is 7.79. The molecule has 0 aliphatic carbocycles. The molecule has 2 heterocycles. The highest BCUT2D eigenvalue weighted by Gasteiger charge is 2.35. The second-order valence-corrected chi connectivity index (χ2v) is 11.3. The van der Waals surface area contributed by atoms with Crippen LogP contribution in [-0.2, 0) is 24.0 Å². The van der Waals surface area contributed by atoms with E-state index >= 15 is 0 Å². The zero-order valence-corrected chi connectivity index (χ0v) is 25.1. The highest BCUT2D eigenvalue weighted by molar-refractivity contribution is 7.80. The first-order chi connectivity index (χ1) is 20.3. The molecule has 4 rings (SSSR count). The molecule has 1 aliphatic rings. The van der Waals surface area contributed by atoms with Crippen LogP contribution in [0.3, 0.4) is 0 Å². The van der Waals surface area contributed by atoms with Crippen molar-refractivity contribution in [1.82, 2.24) is 20.2 Å². The van der Waals surface area contributed by atoms with Crippen LogP contribution in [0.1, 0.15) is 34.3 Å². The smallest absolute Gasteiger partial charge is 0.421 e. The van der Waals surface area contributed by atoms with E-state index in [-0.39, 0.29) is 40.9 Å². The fourth-order valence-electron chi connectivity index (χ4n) is 4.50. The third-order valence-electron chi connectivity index (χ3n) is 6.91. The average molecular weight is 641 g/mol. The van der Waals surface area contributed by atoms with E-state index in [9.17, 15) is 26.7 Å². The van der Waals surface area contributed by atoms with E-state index in [0.29, 0.717) is 23.0 Å². The Hall–Kier alpha value is -3.66. The number of carbonyl (C=O) groups excluding carboxylic acids is 1. The molecule has 1 aliphatic heterocycles. The number of carbonyl (C=O) groups is 1. The van der Waals surface area contributed by atoms with Gasteiger partial charge < -0.3 is 34.4 Å². The number of nitrogens with one attached hydrogen (secondary N) is 3. The molecule has 0 bridgehead atoms. The molecule has 0 spiro atoms. The summed E-state index contributed by atoms with van der Waals surface area (Å²) in [5.41, 5.74) is 0.0951. The Labute approximate surface area is 254 Å². The number of piperidine rings is 1. The lowest BCUT2D eigenvalue weighted by molar-refractivity contribution is -0.137. The number of hydrogen-bond acceptors (Lipinski definition) is 9. The summed E-state index contributed by atoms with van der Waals surface area (Å²) in [5, 5.41) is 8.76. The lowest BCUT2D eigenvalue weighted by Crippen LogP contribution is -2.43. The maximum Gasteiger partial charge on any atom is 0.421 e. The molecule has 0 radical (unpaired) electrons. The van der Waals surface area contributed by atoms with Gasteiger partial charge in [-0.1, -0.05) is 17.7 Å². The molecular formula is C27H30ClF3N7O4S-.